The molecule has 0 radical (unpaired) electrons. The first kappa shape index (κ1) is 18.2. The Labute approximate surface area is 100 Å². The predicted octanol–water partition coefficient (Wildman–Crippen LogP) is -0.554. The van der Waals surface area contributed by atoms with Gasteiger partial charge in [-0.15, -0.1) is 0 Å². The van der Waals surface area contributed by atoms with Crippen LogP contribution in [0.4, 0.5) is 0 Å². The van der Waals surface area contributed by atoms with Crippen molar-refractivity contribution in [1.29, 1.82) is 0 Å². The molecule has 0 heterocycles. The fourth-order valence-electron chi connectivity index (χ4n) is 0.673. The van der Waals surface area contributed by atoms with E-state index in [0.29, 0.717) is 6.61 Å². The van der Waals surface area contributed by atoms with Crippen molar-refractivity contribution in [2.24, 2.45) is 0 Å². The van der Waals surface area contributed by atoms with Gasteiger partial charge in [-0.25, -0.2) is 0 Å². The molecule has 0 amide bonds. The van der Waals surface area contributed by atoms with Gasteiger partial charge in [0.05, 0.1) is 13.2 Å². The molecule has 2 N–H and O–H groups in total. The number of rotatable bonds is 6. The first-order chi connectivity index (χ1) is 7.97. The smallest absolute Gasteiger partial charge is 0.305 e. The normalized spacial score (nSPS) is 10.9. The second-order valence-corrected chi connectivity index (χ2v) is 2.74. The molecule has 0 aromatic carbocycles. The summed E-state index contributed by atoms with van der Waals surface area (Å²) in [4.78, 5) is 21.0. The molecule has 17 heavy (non-hydrogen) atoms. The van der Waals surface area contributed by atoms with Gasteiger partial charge in [0.2, 0.25) is 6.29 Å². The van der Waals surface area contributed by atoms with Crippen molar-refractivity contribution >= 4 is 11.9 Å². The fourth-order valence-corrected chi connectivity index (χ4v) is 0.673. The zero-order valence-electron chi connectivity index (χ0n) is 10.3. The Morgan fingerprint density at radius 3 is 1.94 bits per heavy atom. The molecule has 0 aromatic heterocycles. The minimum Gasteiger partial charge on any atom is -0.459 e. The standard InChI is InChI=1S/C8H14O5.C2H6O2/c1-4-11-8(13-7(3)10)5-12-6(2)9;3-1-2-4/h8H,4-5H2,1-3H3;3-4H,1-2H2. The molecule has 102 valence electrons. The predicted molar refractivity (Wildman–Crippen MR) is 58.0 cm³/mol. The first-order valence-corrected chi connectivity index (χ1v) is 5.11. The van der Waals surface area contributed by atoms with Crippen LogP contribution in [0.3, 0.4) is 0 Å². The van der Waals surface area contributed by atoms with Gasteiger partial charge in [0, 0.05) is 20.5 Å². The summed E-state index contributed by atoms with van der Waals surface area (Å²) < 4.78 is 14.3. The lowest BCUT2D eigenvalue weighted by Gasteiger charge is -2.15. The van der Waals surface area contributed by atoms with E-state index in [1.54, 1.807) is 6.92 Å². The molecule has 0 spiro atoms. The van der Waals surface area contributed by atoms with Crippen molar-refractivity contribution in [1.82, 2.24) is 0 Å². The van der Waals surface area contributed by atoms with Crippen LogP contribution in [0.5, 0.6) is 0 Å². The lowest BCUT2D eigenvalue weighted by atomic mass is 10.6. The van der Waals surface area contributed by atoms with E-state index in [0.717, 1.165) is 0 Å². The quantitative estimate of drug-likeness (QED) is 0.482. The van der Waals surface area contributed by atoms with E-state index in [9.17, 15) is 9.59 Å². The van der Waals surface area contributed by atoms with E-state index in [4.69, 9.17) is 19.7 Å². The number of esters is 2. The van der Waals surface area contributed by atoms with Crippen LogP contribution in [0.2, 0.25) is 0 Å². The van der Waals surface area contributed by atoms with Crippen LogP contribution in [-0.4, -0.2) is 54.9 Å². The molecule has 0 fully saturated rings. The van der Waals surface area contributed by atoms with Crippen molar-refractivity contribution in [3.8, 4) is 0 Å². The highest BCUT2D eigenvalue weighted by atomic mass is 16.7. The van der Waals surface area contributed by atoms with E-state index in [-0.39, 0.29) is 19.8 Å². The van der Waals surface area contributed by atoms with Gasteiger partial charge in [0.15, 0.2) is 6.61 Å². The Balaban J connectivity index is 0. The maximum atomic E-state index is 10.5. The second kappa shape index (κ2) is 12.9. The molecule has 1 atom stereocenters. The number of aliphatic hydroxyl groups excluding tert-OH is 2. The van der Waals surface area contributed by atoms with Gasteiger partial charge in [0.25, 0.3) is 0 Å². The number of carbonyl (C=O) groups excluding carboxylic acids is 2. The largest absolute Gasteiger partial charge is 0.459 e. The van der Waals surface area contributed by atoms with Crippen LogP contribution in [0.15, 0.2) is 0 Å². The molecule has 0 aliphatic rings. The van der Waals surface area contributed by atoms with Crippen LogP contribution in [0, 0.1) is 0 Å². The van der Waals surface area contributed by atoms with Gasteiger partial charge >= 0.3 is 11.9 Å². The average molecular weight is 252 g/mol. The number of ether oxygens (including phenoxy) is 3. The summed E-state index contributed by atoms with van der Waals surface area (Å²) in [5, 5.41) is 15.2. The van der Waals surface area contributed by atoms with Gasteiger partial charge in [-0.3, -0.25) is 9.59 Å². The highest BCUT2D eigenvalue weighted by Gasteiger charge is 2.12. The number of aliphatic hydroxyl groups is 2. The Bertz CT molecular complexity index is 203. The summed E-state index contributed by atoms with van der Waals surface area (Å²) in [7, 11) is 0. The lowest BCUT2D eigenvalue weighted by Crippen LogP contribution is -2.26. The summed E-state index contributed by atoms with van der Waals surface area (Å²) in [5.74, 6) is -0.901. The zero-order valence-corrected chi connectivity index (χ0v) is 10.3. The molecule has 0 saturated heterocycles. The monoisotopic (exact) mass is 252 g/mol. The summed E-state index contributed by atoms with van der Waals surface area (Å²) in [6.07, 6.45) is -0.800. The lowest BCUT2D eigenvalue weighted by molar-refractivity contribution is -0.190. The van der Waals surface area contributed by atoms with E-state index in [1.165, 1.54) is 13.8 Å². The van der Waals surface area contributed by atoms with Crippen molar-refractivity contribution in [3.63, 3.8) is 0 Å². The average Bonchev–Trinajstić information content (AvgIpc) is 2.26. The first-order valence-electron chi connectivity index (χ1n) is 5.11. The highest BCUT2D eigenvalue weighted by molar-refractivity contribution is 5.66. The molecule has 0 rings (SSSR count). The second-order valence-electron chi connectivity index (χ2n) is 2.74. The molecule has 0 saturated carbocycles. The number of carbonyl (C=O) groups is 2. The molecular formula is C10H20O7. The third-order valence-electron chi connectivity index (χ3n) is 1.17. The Hall–Kier alpha value is -1.18. The highest BCUT2D eigenvalue weighted by Crippen LogP contribution is 1.97. The van der Waals surface area contributed by atoms with E-state index < -0.39 is 18.2 Å². The van der Waals surface area contributed by atoms with E-state index in [2.05, 4.69) is 4.74 Å². The van der Waals surface area contributed by atoms with Crippen molar-refractivity contribution in [3.05, 3.63) is 0 Å². The molecular weight excluding hydrogens is 232 g/mol. The summed E-state index contributed by atoms with van der Waals surface area (Å²) in [6, 6.07) is 0. The van der Waals surface area contributed by atoms with Crippen LogP contribution in [-0.2, 0) is 23.8 Å². The van der Waals surface area contributed by atoms with Gasteiger partial charge in [-0.05, 0) is 6.92 Å². The van der Waals surface area contributed by atoms with E-state index in [1.807, 2.05) is 0 Å². The molecule has 0 aliphatic heterocycles. The maximum Gasteiger partial charge on any atom is 0.305 e. The number of hydrogen-bond acceptors (Lipinski definition) is 7. The van der Waals surface area contributed by atoms with Gasteiger partial charge in [0.1, 0.15) is 0 Å². The van der Waals surface area contributed by atoms with Gasteiger partial charge < -0.3 is 24.4 Å². The van der Waals surface area contributed by atoms with Crippen molar-refractivity contribution < 1.29 is 34.0 Å². The van der Waals surface area contributed by atoms with Crippen LogP contribution >= 0.6 is 0 Å². The topological polar surface area (TPSA) is 102 Å². The SMILES string of the molecule is CCOC(COC(C)=O)OC(C)=O.OCCO. The van der Waals surface area contributed by atoms with Gasteiger partial charge in [-0.2, -0.15) is 0 Å². The Kier molecular flexibility index (Phi) is 13.8. The fraction of sp³-hybridized carbons (Fsp3) is 0.800. The summed E-state index contributed by atoms with van der Waals surface area (Å²) >= 11 is 0. The Morgan fingerprint density at radius 1 is 1.12 bits per heavy atom. The molecule has 7 nitrogen and oxygen atoms in total. The molecule has 0 aromatic rings. The molecule has 7 heteroatoms. The van der Waals surface area contributed by atoms with E-state index >= 15 is 0 Å². The van der Waals surface area contributed by atoms with Crippen LogP contribution in [0.1, 0.15) is 20.8 Å². The third-order valence-corrected chi connectivity index (χ3v) is 1.17. The zero-order chi connectivity index (χ0) is 13.7. The third kappa shape index (κ3) is 17.4. The summed E-state index contributed by atoms with van der Waals surface area (Å²) in [6.45, 7) is 4.36. The van der Waals surface area contributed by atoms with Crippen molar-refractivity contribution in [2.45, 2.75) is 27.1 Å². The minimum absolute atomic E-state index is 0.0667. The molecule has 1 unspecified atom stereocenters. The van der Waals surface area contributed by atoms with Crippen LogP contribution in [0.25, 0.3) is 0 Å². The van der Waals surface area contributed by atoms with Gasteiger partial charge in [-0.1, -0.05) is 0 Å². The van der Waals surface area contributed by atoms with Crippen LogP contribution < -0.4 is 0 Å². The molecule has 0 bridgehead atoms. The maximum absolute atomic E-state index is 10.5. The Morgan fingerprint density at radius 2 is 1.65 bits per heavy atom. The van der Waals surface area contributed by atoms with Crippen molar-refractivity contribution in [2.75, 3.05) is 26.4 Å². The molecule has 0 aliphatic carbocycles. The number of hydrogen-bond donors (Lipinski definition) is 2. The minimum atomic E-state index is -0.800. The summed E-state index contributed by atoms with van der Waals surface area (Å²) in [5.41, 5.74) is 0.